The average Bonchev–Trinajstić information content (AvgIpc) is 3.56. The summed E-state index contributed by atoms with van der Waals surface area (Å²) in [4.78, 5) is 64.1. The molecule has 4 atom stereocenters. The maximum absolute atomic E-state index is 13.4. The number of Topliss-reactive ketones (excluding diaryl/α,β-unsaturated/α-hetero) is 1. The summed E-state index contributed by atoms with van der Waals surface area (Å²) >= 11 is 0. The lowest BCUT2D eigenvalue weighted by molar-refractivity contribution is -0.141. The molecule has 4 N–H and O–H groups in total. The molecule has 1 aromatic rings. The van der Waals surface area contributed by atoms with Crippen molar-refractivity contribution in [2.45, 2.75) is 90.3 Å². The molecular formula is C28H40N4O5. The summed E-state index contributed by atoms with van der Waals surface area (Å²) in [5.41, 5.74) is 0.728. The van der Waals surface area contributed by atoms with Gasteiger partial charge < -0.3 is 21.3 Å². The second-order valence-corrected chi connectivity index (χ2v) is 11.6. The summed E-state index contributed by atoms with van der Waals surface area (Å²) in [6.07, 6.45) is 2.75. The Morgan fingerprint density at radius 3 is 2.24 bits per heavy atom. The van der Waals surface area contributed by atoms with E-state index in [0.29, 0.717) is 19.4 Å². The van der Waals surface area contributed by atoms with E-state index < -0.39 is 35.6 Å². The Bertz CT molecular complexity index is 1000. The minimum Gasteiger partial charge on any atom is -0.356 e. The molecule has 0 radical (unpaired) electrons. The molecule has 0 aromatic heterocycles. The topological polar surface area (TPSA) is 133 Å². The number of nitrogens with one attached hydrogen (secondary N) is 4. The Hall–Kier alpha value is -3.23. The van der Waals surface area contributed by atoms with E-state index in [2.05, 4.69) is 21.3 Å². The Kier molecular flexibility index (Phi) is 9.45. The van der Waals surface area contributed by atoms with E-state index in [0.717, 1.165) is 18.4 Å². The van der Waals surface area contributed by atoms with Crippen LogP contribution in [0.1, 0.15) is 77.7 Å². The molecule has 1 saturated carbocycles. The van der Waals surface area contributed by atoms with Crippen molar-refractivity contribution in [2.75, 3.05) is 6.54 Å². The normalized spacial score (nSPS) is 19.8. The van der Waals surface area contributed by atoms with Crippen molar-refractivity contribution in [1.82, 2.24) is 21.3 Å². The smallest absolute Gasteiger partial charge is 0.289 e. The lowest BCUT2D eigenvalue weighted by Crippen LogP contribution is -2.55. The first kappa shape index (κ1) is 28.3. The number of hydrogen-bond acceptors (Lipinski definition) is 5. The summed E-state index contributed by atoms with van der Waals surface area (Å²) in [6, 6.07) is 7.61. The van der Waals surface area contributed by atoms with Gasteiger partial charge in [-0.2, -0.15) is 0 Å². The van der Waals surface area contributed by atoms with Gasteiger partial charge in [0.25, 0.3) is 5.91 Å². The number of amides is 4. The molecule has 2 fully saturated rings. The van der Waals surface area contributed by atoms with Crippen molar-refractivity contribution in [3.63, 3.8) is 0 Å². The highest BCUT2D eigenvalue weighted by atomic mass is 16.2. The number of ketones is 1. The van der Waals surface area contributed by atoms with Crippen molar-refractivity contribution in [3.8, 4) is 0 Å². The second kappa shape index (κ2) is 12.3. The number of benzene rings is 1. The van der Waals surface area contributed by atoms with Gasteiger partial charge in [-0.3, -0.25) is 24.0 Å². The fourth-order valence-corrected chi connectivity index (χ4v) is 4.55. The maximum Gasteiger partial charge on any atom is 0.289 e. The highest BCUT2D eigenvalue weighted by molar-refractivity contribution is 6.38. The van der Waals surface area contributed by atoms with Gasteiger partial charge in [0, 0.05) is 24.9 Å². The molecule has 4 amide bonds. The third kappa shape index (κ3) is 8.98. The fourth-order valence-electron chi connectivity index (χ4n) is 4.55. The molecule has 1 aliphatic carbocycles. The van der Waals surface area contributed by atoms with Crippen LogP contribution in [0.2, 0.25) is 0 Å². The van der Waals surface area contributed by atoms with Crippen LogP contribution in [0.4, 0.5) is 0 Å². The SMILES string of the molecule is CC(CC(=O)NC(CC(C)(C)C)C(=O)NC(C[C@@H]1CCNC1=O)C(=O)C(=O)NC1CC1)c1ccccc1. The highest BCUT2D eigenvalue weighted by Gasteiger charge is 2.37. The fraction of sp³-hybridized carbons (Fsp3) is 0.607. The van der Waals surface area contributed by atoms with Crippen LogP contribution in [0.3, 0.4) is 0 Å². The van der Waals surface area contributed by atoms with E-state index in [1.165, 1.54) is 0 Å². The second-order valence-electron chi connectivity index (χ2n) is 11.6. The van der Waals surface area contributed by atoms with Gasteiger partial charge in [0.05, 0.1) is 6.04 Å². The molecule has 9 nitrogen and oxygen atoms in total. The van der Waals surface area contributed by atoms with Crippen molar-refractivity contribution < 1.29 is 24.0 Å². The third-order valence-electron chi connectivity index (χ3n) is 6.78. The van der Waals surface area contributed by atoms with Gasteiger partial charge in [-0.1, -0.05) is 58.0 Å². The number of carbonyl (C=O) groups is 5. The molecule has 0 bridgehead atoms. The van der Waals surface area contributed by atoms with Gasteiger partial charge in [-0.25, -0.2) is 0 Å². The van der Waals surface area contributed by atoms with Crippen LogP contribution in [0.5, 0.6) is 0 Å². The number of rotatable bonds is 12. The summed E-state index contributed by atoms with van der Waals surface area (Å²) < 4.78 is 0. The lowest BCUT2D eigenvalue weighted by atomic mass is 9.87. The summed E-state index contributed by atoms with van der Waals surface area (Å²) in [6.45, 7) is 8.32. The van der Waals surface area contributed by atoms with Crippen molar-refractivity contribution in [3.05, 3.63) is 35.9 Å². The predicted octanol–water partition coefficient (Wildman–Crippen LogP) is 1.96. The summed E-state index contributed by atoms with van der Waals surface area (Å²) in [7, 11) is 0. The lowest BCUT2D eigenvalue weighted by Gasteiger charge is -2.28. The molecule has 37 heavy (non-hydrogen) atoms. The summed E-state index contributed by atoms with van der Waals surface area (Å²) in [5.74, 6) is -3.02. The van der Waals surface area contributed by atoms with Crippen LogP contribution in [-0.4, -0.2) is 54.1 Å². The molecule has 2 aliphatic rings. The quantitative estimate of drug-likeness (QED) is 0.318. The Morgan fingerprint density at radius 2 is 1.68 bits per heavy atom. The minimum absolute atomic E-state index is 0.0119. The van der Waals surface area contributed by atoms with Gasteiger partial charge >= 0.3 is 0 Å². The van der Waals surface area contributed by atoms with Gasteiger partial charge in [0.15, 0.2) is 0 Å². The van der Waals surface area contributed by atoms with E-state index in [9.17, 15) is 24.0 Å². The van der Waals surface area contributed by atoms with Crippen molar-refractivity contribution >= 4 is 29.4 Å². The molecule has 1 heterocycles. The van der Waals surface area contributed by atoms with E-state index in [-0.39, 0.29) is 42.0 Å². The van der Waals surface area contributed by atoms with Crippen LogP contribution in [-0.2, 0) is 24.0 Å². The molecule has 9 heteroatoms. The van der Waals surface area contributed by atoms with Crippen molar-refractivity contribution in [2.24, 2.45) is 11.3 Å². The summed E-state index contributed by atoms with van der Waals surface area (Å²) in [5, 5.41) is 11.0. The molecular weight excluding hydrogens is 472 g/mol. The van der Waals surface area contributed by atoms with E-state index in [1.807, 2.05) is 58.0 Å². The molecule has 202 valence electrons. The first-order chi connectivity index (χ1) is 17.4. The van der Waals surface area contributed by atoms with Crippen LogP contribution in [0.15, 0.2) is 30.3 Å². The maximum atomic E-state index is 13.4. The van der Waals surface area contributed by atoms with Crippen LogP contribution in [0.25, 0.3) is 0 Å². The first-order valence-corrected chi connectivity index (χ1v) is 13.2. The van der Waals surface area contributed by atoms with Crippen LogP contribution in [0, 0.1) is 11.3 Å². The minimum atomic E-state index is -1.15. The Balaban J connectivity index is 1.71. The number of hydrogen-bond donors (Lipinski definition) is 4. The Morgan fingerprint density at radius 1 is 1.00 bits per heavy atom. The van der Waals surface area contributed by atoms with Gasteiger partial charge in [0.1, 0.15) is 6.04 Å². The standard InChI is InChI=1S/C28H40N4O5/c1-17(18-8-6-5-7-9-18)14-23(33)31-22(16-28(2,3)4)26(36)32-21(15-19-12-13-29-25(19)35)24(34)27(37)30-20-10-11-20/h5-9,17,19-22H,10-16H2,1-4H3,(H,29,35)(H,30,37)(H,31,33)(H,32,36)/t17?,19-,21?,22?/m0/s1. The zero-order valence-electron chi connectivity index (χ0n) is 22.3. The molecule has 1 aliphatic heterocycles. The largest absolute Gasteiger partial charge is 0.356 e. The Labute approximate surface area is 218 Å². The molecule has 1 saturated heterocycles. The average molecular weight is 513 g/mol. The molecule has 3 rings (SSSR count). The van der Waals surface area contributed by atoms with Gasteiger partial charge in [0.2, 0.25) is 23.5 Å². The zero-order valence-corrected chi connectivity index (χ0v) is 22.3. The van der Waals surface area contributed by atoms with Gasteiger partial charge in [-0.05, 0) is 49.0 Å². The molecule has 3 unspecified atom stereocenters. The first-order valence-electron chi connectivity index (χ1n) is 13.2. The van der Waals surface area contributed by atoms with E-state index in [4.69, 9.17) is 0 Å². The third-order valence-corrected chi connectivity index (χ3v) is 6.78. The van der Waals surface area contributed by atoms with Crippen molar-refractivity contribution in [1.29, 1.82) is 0 Å². The van der Waals surface area contributed by atoms with Gasteiger partial charge in [-0.15, -0.1) is 0 Å². The molecule has 1 aromatic carbocycles. The monoisotopic (exact) mass is 512 g/mol. The molecule has 0 spiro atoms. The van der Waals surface area contributed by atoms with Crippen LogP contribution >= 0.6 is 0 Å². The highest BCUT2D eigenvalue weighted by Crippen LogP contribution is 2.24. The zero-order chi connectivity index (χ0) is 27.2. The predicted molar refractivity (Wildman–Crippen MR) is 139 cm³/mol. The van der Waals surface area contributed by atoms with E-state index in [1.54, 1.807) is 0 Å². The van der Waals surface area contributed by atoms with E-state index >= 15 is 0 Å². The van der Waals surface area contributed by atoms with Crippen LogP contribution < -0.4 is 21.3 Å². The number of carbonyl (C=O) groups excluding carboxylic acids is 5.